The third-order valence-corrected chi connectivity index (χ3v) is 34.1. The summed E-state index contributed by atoms with van der Waals surface area (Å²) in [6.07, 6.45) is 46.7. The molecule has 0 N–H and O–H groups in total. The van der Waals surface area contributed by atoms with Crippen LogP contribution in [0.25, 0.3) is 22.3 Å². The van der Waals surface area contributed by atoms with Gasteiger partial charge in [-0.05, 0) is 308 Å². The SMILES string of the molecule is CCOc1cncc(C2=CC[C@@H]3[C@]2(C)CCC2[C@@]4(C)COC(=O)OC4CC[C@]23C)c1.CCc1cncc(C2=CC[C@H]3[C@@H]4CCC5OC(=O)OC[C@]5(C)C4CC[C@]23C)c1.COc1cncc(C2=CC[C@H]3[C@@H]4CCC5OC(=O)OC[C@]5(C)C4CC[C@]23C)c1.C[C@]12COC(=O)OC1CC[C@@H]1C2CC[C@]2(C)C(c3cccnc3)=CC[C@@H]12. The molecule has 24 atom stereocenters. The molecular formula is C94H120N4O14. The predicted molar refractivity (Wildman–Crippen MR) is 425 cm³/mol. The highest BCUT2D eigenvalue weighted by molar-refractivity contribution is 5.76. The Morgan fingerprint density at radius 3 is 1.24 bits per heavy atom. The number of hydrogen-bond acceptors (Lipinski definition) is 18. The van der Waals surface area contributed by atoms with Crippen molar-refractivity contribution in [3.8, 4) is 11.5 Å². The second-order valence-corrected chi connectivity index (χ2v) is 39.0. The minimum absolute atomic E-state index is 0.00998. The molecular weight excluding hydrogens is 1410 g/mol. The number of carbonyl (C=O) groups is 4. The van der Waals surface area contributed by atoms with Gasteiger partial charge in [0, 0.05) is 58.8 Å². The summed E-state index contributed by atoms with van der Waals surface area (Å²) in [6.45, 7) is 28.3. The van der Waals surface area contributed by atoms with Gasteiger partial charge in [0.05, 0.1) is 26.1 Å². The smallest absolute Gasteiger partial charge is 0.495 e. The first-order valence-corrected chi connectivity index (χ1v) is 42.8. The van der Waals surface area contributed by atoms with E-state index in [1.54, 1.807) is 19.5 Å². The van der Waals surface area contributed by atoms with Gasteiger partial charge in [-0.3, -0.25) is 19.9 Å². The Kier molecular flexibility index (Phi) is 19.8. The Balaban J connectivity index is 0.000000108. The molecule has 8 heterocycles. The van der Waals surface area contributed by atoms with Crippen molar-refractivity contribution in [2.45, 2.75) is 235 Å². The van der Waals surface area contributed by atoms with E-state index < -0.39 is 24.6 Å². The minimum atomic E-state index is -0.492. The van der Waals surface area contributed by atoms with E-state index in [9.17, 15) is 19.2 Å². The van der Waals surface area contributed by atoms with Crippen LogP contribution in [0.5, 0.6) is 11.5 Å². The van der Waals surface area contributed by atoms with Crippen LogP contribution < -0.4 is 9.47 Å². The molecule has 600 valence electrons. The van der Waals surface area contributed by atoms with Gasteiger partial charge in [-0.25, -0.2) is 19.2 Å². The topological polar surface area (TPSA) is 212 Å². The van der Waals surface area contributed by atoms with E-state index in [-0.39, 0.29) is 73.2 Å². The van der Waals surface area contributed by atoms with Gasteiger partial charge in [-0.15, -0.1) is 0 Å². The molecule has 8 saturated carbocycles. The van der Waals surface area contributed by atoms with Gasteiger partial charge in [-0.1, -0.05) is 99.6 Å². The van der Waals surface area contributed by atoms with Gasteiger partial charge in [0.1, 0.15) is 62.3 Å². The largest absolute Gasteiger partial charge is 0.508 e. The summed E-state index contributed by atoms with van der Waals surface area (Å²) in [6, 6.07) is 10.8. The van der Waals surface area contributed by atoms with Crippen molar-refractivity contribution >= 4 is 46.9 Å². The molecule has 0 amide bonds. The third kappa shape index (κ3) is 12.4. The van der Waals surface area contributed by atoms with Crippen LogP contribution in [-0.2, 0) is 44.3 Å². The summed E-state index contributed by atoms with van der Waals surface area (Å²) in [5.74, 6) is 8.40. The average molecular weight is 1530 g/mol. The number of aryl methyl sites for hydroxylation is 1. The maximum Gasteiger partial charge on any atom is 0.508 e. The zero-order chi connectivity index (χ0) is 78.1. The molecule has 4 aromatic heterocycles. The van der Waals surface area contributed by atoms with Crippen molar-refractivity contribution in [3.05, 3.63) is 132 Å². The fourth-order valence-electron chi connectivity index (χ4n) is 28.3. The first kappa shape index (κ1) is 76.8. The number of aromatic nitrogens is 4. The lowest BCUT2D eigenvalue weighted by molar-refractivity contribution is -0.209. The van der Waals surface area contributed by atoms with Crippen LogP contribution in [0.1, 0.15) is 232 Å². The number of carbonyl (C=O) groups excluding carboxylic acids is 4. The average Bonchev–Trinajstić information content (AvgIpc) is 1.36. The van der Waals surface area contributed by atoms with Gasteiger partial charge in [-0.2, -0.15) is 0 Å². The van der Waals surface area contributed by atoms with Crippen molar-refractivity contribution in [1.29, 1.82) is 0 Å². The summed E-state index contributed by atoms with van der Waals surface area (Å²) >= 11 is 0. The van der Waals surface area contributed by atoms with Crippen molar-refractivity contribution in [1.82, 2.24) is 19.9 Å². The van der Waals surface area contributed by atoms with Gasteiger partial charge in [0.15, 0.2) is 0 Å². The number of ether oxygens (including phenoxy) is 10. The molecule has 20 rings (SSSR count). The second-order valence-electron chi connectivity index (χ2n) is 39.0. The standard InChI is InChI=1S/C25H33NO4.C24H31NO3.C23H29NO4.C22H27NO3/c1-5-28-17-12-16(13-26-14-17)18-6-7-19-23(18,2)10-8-20-24(19,3)11-9-21-25(20,4)15-29-22(27)30-21;1-4-15-11-16(13-25-12-15)18-6-7-19-17-5-8-21-24(3,14-27-22(26)28-21)20(17)9-10-23(18,19)2;1-22-9-8-19-16(4-7-20-23(19,2)13-27-21(25)28-20)18(22)6-5-17(22)14-10-15(26-3)12-24-11-14;1-21-10-9-18-15(5-8-19-22(18,2)13-25-20(24)26-19)17(21)7-6-16(21)14-4-3-11-23-12-14/h6,12-14,19-21H,5,7-11,15H2,1-4H3;6,11-13,17,19-21H,4-5,7-10,14H2,1-3H3;5,10-12,16,18-20H,4,6-9,13H2,1-3H3;3-4,6,11-12,15,17-19H,5,7-10,13H2,1-2H3/t19-,20?,21?,23-,24+,25-;17-,19-,20?,21?,23+,24+;16-,18-,19?,20?,22+,23+;15-,17-,18?,19?,21+,22+/m1000/s1. The van der Waals surface area contributed by atoms with E-state index in [0.717, 1.165) is 121 Å². The molecule has 12 aliphatic carbocycles. The number of rotatable bonds is 8. The Morgan fingerprint density at radius 1 is 0.384 bits per heavy atom. The predicted octanol–water partition coefficient (Wildman–Crippen LogP) is 20.8. The van der Waals surface area contributed by atoms with Crippen molar-refractivity contribution in [3.63, 3.8) is 0 Å². The van der Waals surface area contributed by atoms with E-state index >= 15 is 0 Å². The van der Waals surface area contributed by atoms with Crippen molar-refractivity contribution in [2.24, 2.45) is 114 Å². The van der Waals surface area contributed by atoms with Crippen LogP contribution in [0, 0.1) is 114 Å². The number of methoxy groups -OCH3 is 1. The molecule has 0 spiro atoms. The maximum absolute atomic E-state index is 11.7. The molecule has 12 fully saturated rings. The van der Waals surface area contributed by atoms with Crippen LogP contribution in [0.15, 0.2) is 104 Å². The summed E-state index contributed by atoms with van der Waals surface area (Å²) < 4.78 is 55.1. The monoisotopic (exact) mass is 1530 g/mol. The first-order chi connectivity index (χ1) is 53.7. The van der Waals surface area contributed by atoms with Crippen LogP contribution in [0.3, 0.4) is 0 Å². The zero-order valence-electron chi connectivity index (χ0n) is 68.4. The molecule has 112 heavy (non-hydrogen) atoms. The summed E-state index contributed by atoms with van der Waals surface area (Å²) in [4.78, 5) is 64.3. The van der Waals surface area contributed by atoms with Crippen LogP contribution in [0.2, 0.25) is 0 Å². The lowest BCUT2D eigenvalue weighted by Crippen LogP contribution is -2.62. The fourth-order valence-corrected chi connectivity index (χ4v) is 28.3. The number of hydrogen-bond donors (Lipinski definition) is 0. The Hall–Kier alpha value is -7.76. The summed E-state index contributed by atoms with van der Waals surface area (Å²) in [5.41, 5.74) is 12.9. The quantitative estimate of drug-likeness (QED) is 0.118. The van der Waals surface area contributed by atoms with Crippen LogP contribution in [-0.4, -0.2) is 109 Å². The Labute approximate surface area is 662 Å². The summed E-state index contributed by atoms with van der Waals surface area (Å²) in [5, 5.41) is 0. The first-order valence-electron chi connectivity index (χ1n) is 42.8. The highest BCUT2D eigenvalue weighted by Gasteiger charge is 2.68. The van der Waals surface area contributed by atoms with E-state index in [0.29, 0.717) is 98.1 Å². The molecule has 0 bridgehead atoms. The van der Waals surface area contributed by atoms with Crippen molar-refractivity contribution < 1.29 is 66.5 Å². The van der Waals surface area contributed by atoms with Crippen LogP contribution >= 0.6 is 0 Å². The number of cyclic esters (lactones) is 4. The lowest BCUT2D eigenvalue weighted by atomic mass is 9.42. The van der Waals surface area contributed by atoms with E-state index in [4.69, 9.17) is 47.4 Å². The number of fused-ring (bicyclic) bond motifs is 20. The van der Waals surface area contributed by atoms with Crippen molar-refractivity contribution in [2.75, 3.05) is 40.1 Å². The van der Waals surface area contributed by atoms with Crippen LogP contribution in [0.4, 0.5) is 19.2 Å². The molecule has 18 nitrogen and oxygen atoms in total. The molecule has 8 unspecified atom stereocenters. The zero-order valence-corrected chi connectivity index (χ0v) is 68.4. The second kappa shape index (κ2) is 28.9. The molecule has 4 saturated heterocycles. The minimum Gasteiger partial charge on any atom is -0.495 e. The van der Waals surface area contributed by atoms with Gasteiger partial charge in [0.2, 0.25) is 0 Å². The Morgan fingerprint density at radius 2 is 0.786 bits per heavy atom. The van der Waals surface area contributed by atoms with Gasteiger partial charge in [0.25, 0.3) is 0 Å². The maximum atomic E-state index is 11.7. The number of allylic oxidation sites excluding steroid dienone is 8. The highest BCUT2D eigenvalue weighted by atomic mass is 16.8. The molecule has 4 aromatic rings. The Bertz CT molecular complexity index is 4290. The van der Waals surface area contributed by atoms with E-state index in [1.807, 2.05) is 44.0 Å². The normalized spacial score (nSPS) is 42.4. The summed E-state index contributed by atoms with van der Waals surface area (Å²) in [7, 11) is 1.69. The third-order valence-electron chi connectivity index (χ3n) is 34.1. The number of nitrogens with zero attached hydrogens (tertiary/aromatic N) is 4. The molecule has 4 aliphatic heterocycles. The van der Waals surface area contributed by atoms with E-state index in [2.05, 4.69) is 144 Å². The molecule has 0 radical (unpaired) electrons. The lowest BCUT2D eigenvalue weighted by Gasteiger charge is -2.64. The fraction of sp³-hybridized carbons (Fsp3) is 0.660. The molecule has 18 heteroatoms. The molecule has 16 aliphatic rings. The van der Waals surface area contributed by atoms with E-state index in [1.165, 1.54) is 75.8 Å². The van der Waals surface area contributed by atoms with Gasteiger partial charge < -0.3 is 47.4 Å². The molecule has 0 aromatic carbocycles. The number of pyridine rings is 4. The van der Waals surface area contributed by atoms with Gasteiger partial charge >= 0.3 is 24.6 Å². The highest BCUT2D eigenvalue weighted by Crippen LogP contribution is 2.73.